The van der Waals surface area contributed by atoms with Crippen molar-refractivity contribution in [1.82, 2.24) is 15.2 Å². The van der Waals surface area contributed by atoms with E-state index in [1.165, 1.54) is 24.5 Å². The van der Waals surface area contributed by atoms with Crippen molar-refractivity contribution < 1.29 is 0 Å². The number of nitrogens with one attached hydrogen (secondary N) is 1. The monoisotopic (exact) mass is 253 g/mol. The standard InChI is InChI=1S/C13H23N3S/c1-10(2)14-12-4-6-16(8-12)7-5-13-15-11(3)9-17-13/h9-10,12,14H,4-8H2,1-3H3. The molecule has 4 heteroatoms. The van der Waals surface area contributed by atoms with E-state index in [-0.39, 0.29) is 0 Å². The fraction of sp³-hybridized carbons (Fsp3) is 0.769. The summed E-state index contributed by atoms with van der Waals surface area (Å²) in [4.78, 5) is 7.07. The fourth-order valence-electron chi connectivity index (χ4n) is 2.41. The Morgan fingerprint density at radius 2 is 2.41 bits per heavy atom. The van der Waals surface area contributed by atoms with Crippen molar-refractivity contribution in [2.75, 3.05) is 19.6 Å². The Hall–Kier alpha value is -0.450. The smallest absolute Gasteiger partial charge is 0.0940 e. The van der Waals surface area contributed by atoms with Crippen molar-refractivity contribution in [2.45, 2.75) is 45.7 Å². The third kappa shape index (κ3) is 4.05. The average molecular weight is 253 g/mol. The number of aryl methyl sites for hydroxylation is 1. The predicted octanol–water partition coefficient (Wildman–Crippen LogP) is 2.07. The van der Waals surface area contributed by atoms with Crippen LogP contribution in [0.1, 0.15) is 31.0 Å². The third-order valence-corrected chi connectivity index (χ3v) is 4.18. The van der Waals surface area contributed by atoms with Crippen molar-refractivity contribution in [3.63, 3.8) is 0 Å². The summed E-state index contributed by atoms with van der Waals surface area (Å²) >= 11 is 1.79. The zero-order chi connectivity index (χ0) is 12.3. The van der Waals surface area contributed by atoms with Crippen LogP contribution in [0.5, 0.6) is 0 Å². The molecule has 3 nitrogen and oxygen atoms in total. The Morgan fingerprint density at radius 1 is 1.59 bits per heavy atom. The Bertz CT molecular complexity index is 348. The van der Waals surface area contributed by atoms with Crippen molar-refractivity contribution in [3.05, 3.63) is 16.1 Å². The number of nitrogens with zero attached hydrogens (tertiary/aromatic N) is 2. The van der Waals surface area contributed by atoms with Crippen LogP contribution >= 0.6 is 11.3 Å². The van der Waals surface area contributed by atoms with Gasteiger partial charge in [-0.2, -0.15) is 0 Å². The summed E-state index contributed by atoms with van der Waals surface area (Å²) in [6, 6.07) is 1.29. The van der Waals surface area contributed by atoms with Gasteiger partial charge in [0.05, 0.1) is 5.01 Å². The molecule has 1 aromatic rings. The molecule has 1 aliphatic heterocycles. The van der Waals surface area contributed by atoms with Crippen molar-refractivity contribution in [1.29, 1.82) is 0 Å². The van der Waals surface area contributed by atoms with Gasteiger partial charge in [-0.05, 0) is 19.9 Å². The lowest BCUT2D eigenvalue weighted by atomic mass is 10.2. The first-order valence-corrected chi connectivity index (χ1v) is 7.41. The molecular formula is C13H23N3S. The number of aromatic nitrogens is 1. The Morgan fingerprint density at radius 3 is 3.06 bits per heavy atom. The molecule has 1 N–H and O–H groups in total. The number of hydrogen-bond donors (Lipinski definition) is 1. The topological polar surface area (TPSA) is 28.2 Å². The van der Waals surface area contributed by atoms with E-state index in [0.717, 1.165) is 18.7 Å². The molecule has 1 aliphatic rings. The summed E-state index contributed by atoms with van der Waals surface area (Å²) < 4.78 is 0. The largest absolute Gasteiger partial charge is 0.310 e. The zero-order valence-corrected chi connectivity index (χ0v) is 11.9. The lowest BCUT2D eigenvalue weighted by Gasteiger charge is -2.17. The molecule has 1 fully saturated rings. The van der Waals surface area contributed by atoms with E-state index in [0.29, 0.717) is 12.1 Å². The summed E-state index contributed by atoms with van der Waals surface area (Å²) in [7, 11) is 0. The van der Waals surface area contributed by atoms with Crippen LogP contribution < -0.4 is 5.32 Å². The maximum absolute atomic E-state index is 4.52. The normalized spacial score (nSPS) is 21.5. The molecule has 1 saturated heterocycles. The lowest BCUT2D eigenvalue weighted by Crippen LogP contribution is -2.37. The van der Waals surface area contributed by atoms with Crippen molar-refractivity contribution in [3.8, 4) is 0 Å². The molecule has 0 spiro atoms. The summed E-state index contributed by atoms with van der Waals surface area (Å²) in [5.41, 5.74) is 1.16. The van der Waals surface area contributed by atoms with Gasteiger partial charge in [0.15, 0.2) is 0 Å². The highest BCUT2D eigenvalue weighted by Gasteiger charge is 2.22. The van der Waals surface area contributed by atoms with Gasteiger partial charge in [-0.15, -0.1) is 11.3 Å². The molecule has 2 rings (SSSR count). The predicted molar refractivity (Wildman–Crippen MR) is 73.7 cm³/mol. The summed E-state index contributed by atoms with van der Waals surface area (Å²) in [6.45, 7) is 10.1. The first kappa shape index (κ1) is 13.0. The minimum Gasteiger partial charge on any atom is -0.310 e. The van der Waals surface area contributed by atoms with Crippen LogP contribution in [-0.2, 0) is 6.42 Å². The van der Waals surface area contributed by atoms with Gasteiger partial charge in [-0.1, -0.05) is 13.8 Å². The highest BCUT2D eigenvalue weighted by molar-refractivity contribution is 7.09. The van der Waals surface area contributed by atoms with E-state index >= 15 is 0 Å². The maximum Gasteiger partial charge on any atom is 0.0940 e. The van der Waals surface area contributed by atoms with Gasteiger partial charge in [0.1, 0.15) is 0 Å². The average Bonchev–Trinajstić information content (AvgIpc) is 2.84. The highest BCUT2D eigenvalue weighted by atomic mass is 32.1. The van der Waals surface area contributed by atoms with E-state index in [2.05, 4.69) is 41.4 Å². The van der Waals surface area contributed by atoms with Crippen LogP contribution in [0.15, 0.2) is 5.38 Å². The maximum atomic E-state index is 4.52. The van der Waals surface area contributed by atoms with Gasteiger partial charge >= 0.3 is 0 Å². The first-order valence-electron chi connectivity index (χ1n) is 6.53. The lowest BCUT2D eigenvalue weighted by molar-refractivity contribution is 0.328. The number of rotatable bonds is 5. The van der Waals surface area contributed by atoms with E-state index in [9.17, 15) is 0 Å². The van der Waals surface area contributed by atoms with Gasteiger partial charge in [-0.25, -0.2) is 4.98 Å². The van der Waals surface area contributed by atoms with Crippen LogP contribution in [0, 0.1) is 6.92 Å². The second kappa shape index (κ2) is 5.94. The summed E-state index contributed by atoms with van der Waals surface area (Å²) in [5, 5.41) is 7.04. The minimum atomic E-state index is 0.599. The van der Waals surface area contributed by atoms with Crippen molar-refractivity contribution in [2.24, 2.45) is 0 Å². The second-order valence-corrected chi connectivity index (χ2v) is 6.18. The number of thiazole rings is 1. The van der Waals surface area contributed by atoms with Crippen LogP contribution in [0.2, 0.25) is 0 Å². The minimum absolute atomic E-state index is 0.599. The first-order chi connectivity index (χ1) is 8.13. The molecule has 0 amide bonds. The fourth-order valence-corrected chi connectivity index (χ4v) is 3.18. The molecule has 0 saturated carbocycles. The molecule has 0 aromatic carbocycles. The number of hydrogen-bond acceptors (Lipinski definition) is 4. The second-order valence-electron chi connectivity index (χ2n) is 5.24. The molecule has 17 heavy (non-hydrogen) atoms. The molecule has 0 bridgehead atoms. The van der Waals surface area contributed by atoms with Crippen molar-refractivity contribution >= 4 is 11.3 Å². The quantitative estimate of drug-likeness (QED) is 0.870. The van der Waals surface area contributed by atoms with Gasteiger partial charge in [0.25, 0.3) is 0 Å². The molecule has 0 radical (unpaired) electrons. The van der Waals surface area contributed by atoms with Gasteiger partial charge in [0, 0.05) is 42.7 Å². The molecular weight excluding hydrogens is 230 g/mol. The Kier molecular flexibility index (Phi) is 4.54. The number of likely N-dealkylation sites (tertiary alicyclic amines) is 1. The van der Waals surface area contributed by atoms with E-state index in [4.69, 9.17) is 0 Å². The Balaban J connectivity index is 1.71. The third-order valence-electron chi connectivity index (χ3n) is 3.15. The summed E-state index contributed by atoms with van der Waals surface area (Å²) in [5.74, 6) is 0. The van der Waals surface area contributed by atoms with Crippen LogP contribution in [-0.4, -0.2) is 41.6 Å². The van der Waals surface area contributed by atoms with Crippen LogP contribution in [0.3, 0.4) is 0 Å². The van der Waals surface area contributed by atoms with Gasteiger partial charge in [-0.3, -0.25) is 0 Å². The van der Waals surface area contributed by atoms with E-state index < -0.39 is 0 Å². The SMILES string of the molecule is Cc1csc(CCN2CCC(NC(C)C)C2)n1. The molecule has 96 valence electrons. The van der Waals surface area contributed by atoms with E-state index in [1.807, 2.05) is 0 Å². The van der Waals surface area contributed by atoms with Gasteiger partial charge in [0.2, 0.25) is 0 Å². The van der Waals surface area contributed by atoms with Crippen LogP contribution in [0.4, 0.5) is 0 Å². The highest BCUT2D eigenvalue weighted by Crippen LogP contribution is 2.13. The van der Waals surface area contributed by atoms with E-state index in [1.54, 1.807) is 11.3 Å². The molecule has 1 aromatic heterocycles. The molecule has 1 atom stereocenters. The van der Waals surface area contributed by atoms with Crippen LogP contribution in [0.25, 0.3) is 0 Å². The zero-order valence-electron chi connectivity index (χ0n) is 11.1. The van der Waals surface area contributed by atoms with Gasteiger partial charge < -0.3 is 10.2 Å². The molecule has 1 unspecified atom stereocenters. The molecule has 0 aliphatic carbocycles. The Labute approximate surface area is 108 Å². The summed E-state index contributed by atoms with van der Waals surface area (Å²) in [6.07, 6.45) is 2.39. The molecule has 2 heterocycles.